The SMILES string of the molecule is CC1CCC(c2ccc(CCNS(N)(=O)=O)cc2)CC1. The van der Waals surface area contributed by atoms with Crippen LogP contribution in [0.1, 0.15) is 49.7 Å². The molecular formula is C15H24N2O2S. The summed E-state index contributed by atoms with van der Waals surface area (Å²) in [5, 5.41) is 4.89. The average Bonchev–Trinajstić information content (AvgIpc) is 2.39. The highest BCUT2D eigenvalue weighted by Crippen LogP contribution is 2.35. The molecule has 0 atom stereocenters. The summed E-state index contributed by atoms with van der Waals surface area (Å²) in [4.78, 5) is 0. The number of benzene rings is 1. The Bertz CT molecular complexity index is 517. The van der Waals surface area contributed by atoms with Crippen molar-refractivity contribution in [3.8, 4) is 0 Å². The lowest BCUT2D eigenvalue weighted by molar-refractivity contribution is 0.348. The van der Waals surface area contributed by atoms with Gasteiger partial charge in [0.25, 0.3) is 10.2 Å². The van der Waals surface area contributed by atoms with Gasteiger partial charge in [0, 0.05) is 6.54 Å². The van der Waals surface area contributed by atoms with Crippen LogP contribution in [0.4, 0.5) is 0 Å². The normalized spacial score (nSPS) is 23.7. The first-order chi connectivity index (χ1) is 9.44. The third-order valence-corrected chi connectivity index (χ3v) is 4.79. The van der Waals surface area contributed by atoms with E-state index >= 15 is 0 Å². The topological polar surface area (TPSA) is 72.2 Å². The lowest BCUT2D eigenvalue weighted by atomic mass is 9.79. The molecule has 3 N–H and O–H groups in total. The molecular weight excluding hydrogens is 272 g/mol. The largest absolute Gasteiger partial charge is 0.274 e. The van der Waals surface area contributed by atoms with E-state index in [-0.39, 0.29) is 0 Å². The minimum absolute atomic E-state index is 0.346. The average molecular weight is 296 g/mol. The van der Waals surface area contributed by atoms with Crippen LogP contribution in [0.25, 0.3) is 0 Å². The smallest absolute Gasteiger partial charge is 0.216 e. The number of rotatable bonds is 5. The Morgan fingerprint density at radius 2 is 1.75 bits per heavy atom. The summed E-state index contributed by atoms with van der Waals surface area (Å²) in [6.45, 7) is 2.68. The maximum absolute atomic E-state index is 10.8. The zero-order valence-electron chi connectivity index (χ0n) is 12.0. The second-order valence-electron chi connectivity index (χ2n) is 5.89. The predicted octanol–water partition coefficient (Wildman–Crippen LogP) is 2.32. The van der Waals surface area contributed by atoms with Crippen LogP contribution < -0.4 is 9.86 Å². The van der Waals surface area contributed by atoms with E-state index in [1.807, 2.05) is 0 Å². The van der Waals surface area contributed by atoms with Gasteiger partial charge in [0.15, 0.2) is 0 Å². The fourth-order valence-electron chi connectivity index (χ4n) is 2.89. The number of hydrogen-bond acceptors (Lipinski definition) is 2. The molecule has 1 aromatic rings. The molecule has 1 aliphatic carbocycles. The lowest BCUT2D eigenvalue weighted by Crippen LogP contribution is -2.32. The minimum atomic E-state index is -3.57. The van der Waals surface area contributed by atoms with Gasteiger partial charge in [-0.1, -0.05) is 44.0 Å². The van der Waals surface area contributed by atoms with Crippen LogP contribution in [0.3, 0.4) is 0 Å². The fraction of sp³-hybridized carbons (Fsp3) is 0.600. The highest BCUT2D eigenvalue weighted by molar-refractivity contribution is 7.87. The molecule has 1 fully saturated rings. The van der Waals surface area contributed by atoms with Crippen LogP contribution >= 0.6 is 0 Å². The molecule has 20 heavy (non-hydrogen) atoms. The van der Waals surface area contributed by atoms with Crippen molar-refractivity contribution in [2.75, 3.05) is 6.54 Å². The second kappa shape index (κ2) is 6.70. The third kappa shape index (κ3) is 4.89. The zero-order chi connectivity index (χ0) is 14.6. The van der Waals surface area contributed by atoms with Crippen molar-refractivity contribution in [2.24, 2.45) is 11.1 Å². The highest BCUT2D eigenvalue weighted by Gasteiger charge is 2.19. The van der Waals surface area contributed by atoms with Crippen molar-refractivity contribution in [2.45, 2.75) is 44.9 Å². The monoisotopic (exact) mass is 296 g/mol. The van der Waals surface area contributed by atoms with E-state index in [0.717, 1.165) is 11.5 Å². The lowest BCUT2D eigenvalue weighted by Gasteiger charge is -2.26. The van der Waals surface area contributed by atoms with E-state index < -0.39 is 10.2 Å². The molecule has 0 amide bonds. The van der Waals surface area contributed by atoms with E-state index in [2.05, 4.69) is 35.9 Å². The summed E-state index contributed by atoms with van der Waals surface area (Å²) < 4.78 is 23.9. The molecule has 1 saturated carbocycles. The van der Waals surface area contributed by atoms with Crippen LogP contribution in [0, 0.1) is 5.92 Å². The van der Waals surface area contributed by atoms with Gasteiger partial charge in [-0.15, -0.1) is 0 Å². The van der Waals surface area contributed by atoms with Crippen molar-refractivity contribution in [3.05, 3.63) is 35.4 Å². The summed E-state index contributed by atoms with van der Waals surface area (Å²) in [5.41, 5.74) is 2.55. The van der Waals surface area contributed by atoms with Crippen molar-refractivity contribution < 1.29 is 8.42 Å². The Labute approximate surface area is 121 Å². The van der Waals surface area contributed by atoms with Crippen LogP contribution in [-0.2, 0) is 16.6 Å². The minimum Gasteiger partial charge on any atom is -0.216 e. The Morgan fingerprint density at radius 3 is 2.30 bits per heavy atom. The molecule has 0 bridgehead atoms. The van der Waals surface area contributed by atoms with Crippen LogP contribution in [0.2, 0.25) is 0 Å². The standard InChI is InChI=1S/C15H24N2O2S/c1-12-2-6-14(7-3-12)15-8-4-13(5-9-15)10-11-17-20(16,18)19/h4-5,8-9,12,14,17H,2-3,6-7,10-11H2,1H3,(H2,16,18,19). The third-order valence-electron chi connectivity index (χ3n) is 4.18. The fourth-order valence-corrected chi connectivity index (χ4v) is 3.27. The second-order valence-corrected chi connectivity index (χ2v) is 7.27. The molecule has 1 aromatic carbocycles. The molecule has 0 spiro atoms. The van der Waals surface area contributed by atoms with Gasteiger partial charge in [-0.3, -0.25) is 0 Å². The van der Waals surface area contributed by atoms with E-state index in [9.17, 15) is 8.42 Å². The molecule has 4 nitrogen and oxygen atoms in total. The Hall–Kier alpha value is -0.910. The molecule has 5 heteroatoms. The molecule has 2 rings (SSSR count). The van der Waals surface area contributed by atoms with E-state index in [0.29, 0.717) is 18.9 Å². The zero-order valence-corrected chi connectivity index (χ0v) is 12.8. The van der Waals surface area contributed by atoms with Gasteiger partial charge >= 0.3 is 0 Å². The summed E-state index contributed by atoms with van der Waals surface area (Å²) in [5.74, 6) is 1.57. The molecule has 1 aliphatic rings. The van der Waals surface area contributed by atoms with Gasteiger partial charge in [-0.25, -0.2) is 9.86 Å². The van der Waals surface area contributed by atoms with Crippen molar-refractivity contribution >= 4 is 10.2 Å². The highest BCUT2D eigenvalue weighted by atomic mass is 32.2. The first kappa shape index (κ1) is 15.5. The summed E-state index contributed by atoms with van der Waals surface area (Å²) in [7, 11) is -3.57. The van der Waals surface area contributed by atoms with Gasteiger partial charge in [-0.2, -0.15) is 8.42 Å². The molecule has 0 heterocycles. The quantitative estimate of drug-likeness (QED) is 0.875. The number of nitrogens with one attached hydrogen (secondary N) is 1. The Kier molecular flexibility index (Phi) is 5.18. The molecule has 0 unspecified atom stereocenters. The summed E-state index contributed by atoms with van der Waals surface area (Å²) in [6.07, 6.45) is 5.88. The summed E-state index contributed by atoms with van der Waals surface area (Å²) in [6, 6.07) is 8.57. The Balaban J connectivity index is 1.86. The van der Waals surface area contributed by atoms with Gasteiger partial charge in [0.2, 0.25) is 0 Å². The summed E-state index contributed by atoms with van der Waals surface area (Å²) >= 11 is 0. The molecule has 0 aromatic heterocycles. The van der Waals surface area contributed by atoms with Crippen LogP contribution in [0.5, 0.6) is 0 Å². The number of hydrogen-bond donors (Lipinski definition) is 2. The van der Waals surface area contributed by atoms with Gasteiger partial charge in [0.05, 0.1) is 0 Å². The predicted molar refractivity (Wildman–Crippen MR) is 81.6 cm³/mol. The van der Waals surface area contributed by atoms with Gasteiger partial charge in [0.1, 0.15) is 0 Å². The number of nitrogens with two attached hydrogens (primary N) is 1. The molecule has 112 valence electrons. The van der Waals surface area contributed by atoms with Gasteiger partial charge < -0.3 is 0 Å². The van der Waals surface area contributed by atoms with E-state index in [4.69, 9.17) is 5.14 Å². The van der Waals surface area contributed by atoms with E-state index in [1.54, 1.807) is 0 Å². The van der Waals surface area contributed by atoms with Crippen LogP contribution in [-0.4, -0.2) is 15.0 Å². The maximum Gasteiger partial charge on any atom is 0.274 e. The van der Waals surface area contributed by atoms with Crippen molar-refractivity contribution in [1.82, 2.24) is 4.72 Å². The molecule has 0 aliphatic heterocycles. The first-order valence-electron chi connectivity index (χ1n) is 7.30. The Morgan fingerprint density at radius 1 is 1.15 bits per heavy atom. The molecule has 0 radical (unpaired) electrons. The maximum atomic E-state index is 10.8. The van der Waals surface area contributed by atoms with Gasteiger partial charge in [-0.05, 0) is 42.2 Å². The van der Waals surface area contributed by atoms with Crippen LogP contribution in [0.15, 0.2) is 24.3 Å². The molecule has 0 saturated heterocycles. The van der Waals surface area contributed by atoms with E-state index in [1.165, 1.54) is 31.2 Å². The van der Waals surface area contributed by atoms with Crippen molar-refractivity contribution in [3.63, 3.8) is 0 Å². The first-order valence-corrected chi connectivity index (χ1v) is 8.85. The van der Waals surface area contributed by atoms with Crippen molar-refractivity contribution in [1.29, 1.82) is 0 Å².